The molecule has 2 aromatic carbocycles. The smallest absolute Gasteiger partial charge is 0.193 e. The molecule has 0 fully saturated rings. The minimum atomic E-state index is 0.0753. The zero-order valence-electron chi connectivity index (χ0n) is 11.7. The molecule has 0 aromatic heterocycles. The first kappa shape index (κ1) is 13.3. The molecule has 0 aliphatic rings. The van der Waals surface area contributed by atoms with Gasteiger partial charge in [0.05, 0.1) is 0 Å². The molecule has 98 valence electrons. The minimum Gasteiger partial charge on any atom is -0.378 e. The lowest BCUT2D eigenvalue weighted by Crippen LogP contribution is -2.10. The maximum Gasteiger partial charge on any atom is 0.193 e. The summed E-state index contributed by atoms with van der Waals surface area (Å²) in [4.78, 5) is 14.4. The van der Waals surface area contributed by atoms with Gasteiger partial charge in [-0.15, -0.1) is 0 Å². The molecule has 0 atom stereocenters. The summed E-state index contributed by atoms with van der Waals surface area (Å²) in [5.41, 5.74) is 3.76. The van der Waals surface area contributed by atoms with Gasteiger partial charge >= 0.3 is 0 Å². The fraction of sp³-hybridized carbons (Fsp3) is 0.235. The molecule has 0 spiro atoms. The topological polar surface area (TPSA) is 20.3 Å². The van der Waals surface area contributed by atoms with Gasteiger partial charge in [-0.1, -0.05) is 43.3 Å². The van der Waals surface area contributed by atoms with E-state index in [-0.39, 0.29) is 5.78 Å². The van der Waals surface area contributed by atoms with Crippen LogP contribution in [0.4, 0.5) is 5.69 Å². The highest BCUT2D eigenvalue weighted by Crippen LogP contribution is 2.17. The van der Waals surface area contributed by atoms with Crippen molar-refractivity contribution in [3.63, 3.8) is 0 Å². The first-order chi connectivity index (χ1) is 9.11. The van der Waals surface area contributed by atoms with Crippen LogP contribution in [0.25, 0.3) is 0 Å². The van der Waals surface area contributed by atoms with Gasteiger partial charge in [0, 0.05) is 30.9 Å². The summed E-state index contributed by atoms with van der Waals surface area (Å²) < 4.78 is 0. The van der Waals surface area contributed by atoms with Gasteiger partial charge in [0.25, 0.3) is 0 Å². The molecule has 0 aliphatic carbocycles. The Labute approximate surface area is 114 Å². The molecule has 0 saturated carbocycles. The van der Waals surface area contributed by atoms with E-state index < -0.39 is 0 Å². The van der Waals surface area contributed by atoms with Crippen LogP contribution in [0.5, 0.6) is 0 Å². The summed E-state index contributed by atoms with van der Waals surface area (Å²) in [7, 11) is 3.94. The summed E-state index contributed by atoms with van der Waals surface area (Å²) in [6.45, 7) is 2.11. The van der Waals surface area contributed by atoms with E-state index in [1.807, 2.05) is 67.5 Å². The molecule has 2 rings (SSSR count). The maximum atomic E-state index is 12.4. The van der Waals surface area contributed by atoms with Gasteiger partial charge in [0.2, 0.25) is 0 Å². The number of benzene rings is 2. The highest BCUT2D eigenvalue weighted by atomic mass is 16.1. The molecule has 0 saturated heterocycles. The van der Waals surface area contributed by atoms with Gasteiger partial charge in [-0.2, -0.15) is 0 Å². The van der Waals surface area contributed by atoms with Crippen LogP contribution >= 0.6 is 0 Å². The Morgan fingerprint density at radius 3 is 2.26 bits per heavy atom. The first-order valence-corrected chi connectivity index (χ1v) is 6.53. The number of hydrogen-bond acceptors (Lipinski definition) is 2. The van der Waals surface area contributed by atoms with Crippen molar-refractivity contribution in [2.24, 2.45) is 0 Å². The standard InChI is InChI=1S/C17H19NO/c1-4-13-8-10-14(11-9-13)17(19)15-6-5-7-16(12-15)18(2)3/h5-12H,4H2,1-3H3. The van der Waals surface area contributed by atoms with Crippen LogP contribution in [0, 0.1) is 0 Å². The number of anilines is 1. The highest BCUT2D eigenvalue weighted by molar-refractivity contribution is 6.09. The SMILES string of the molecule is CCc1ccc(C(=O)c2cccc(N(C)C)c2)cc1. The number of aryl methyl sites for hydroxylation is 1. The summed E-state index contributed by atoms with van der Waals surface area (Å²) in [6, 6.07) is 15.6. The third-order valence-electron chi connectivity index (χ3n) is 3.25. The maximum absolute atomic E-state index is 12.4. The number of carbonyl (C=O) groups excluding carboxylic acids is 1. The molecule has 19 heavy (non-hydrogen) atoms. The quantitative estimate of drug-likeness (QED) is 0.777. The van der Waals surface area contributed by atoms with E-state index in [1.165, 1.54) is 5.56 Å². The molecule has 2 aromatic rings. The average molecular weight is 253 g/mol. The number of rotatable bonds is 4. The van der Waals surface area contributed by atoms with Crippen LogP contribution in [-0.4, -0.2) is 19.9 Å². The Kier molecular flexibility index (Phi) is 4.00. The normalized spacial score (nSPS) is 10.3. The molecular formula is C17H19NO. The van der Waals surface area contributed by atoms with Crippen molar-refractivity contribution in [3.05, 3.63) is 65.2 Å². The van der Waals surface area contributed by atoms with Gasteiger partial charge in [0.15, 0.2) is 5.78 Å². The van der Waals surface area contributed by atoms with Crippen molar-refractivity contribution in [3.8, 4) is 0 Å². The lowest BCUT2D eigenvalue weighted by Gasteiger charge is -2.13. The van der Waals surface area contributed by atoms with Crippen LogP contribution in [0.2, 0.25) is 0 Å². The van der Waals surface area contributed by atoms with Crippen LogP contribution in [0.3, 0.4) is 0 Å². The molecule has 0 heterocycles. The summed E-state index contributed by atoms with van der Waals surface area (Å²) in [5.74, 6) is 0.0753. The molecule has 2 nitrogen and oxygen atoms in total. The zero-order valence-corrected chi connectivity index (χ0v) is 11.7. The van der Waals surface area contributed by atoms with Gasteiger partial charge in [-0.25, -0.2) is 0 Å². The van der Waals surface area contributed by atoms with E-state index >= 15 is 0 Å². The summed E-state index contributed by atoms with van der Waals surface area (Å²) in [5, 5.41) is 0. The second kappa shape index (κ2) is 5.70. The summed E-state index contributed by atoms with van der Waals surface area (Å²) >= 11 is 0. The predicted octanol–water partition coefficient (Wildman–Crippen LogP) is 3.55. The van der Waals surface area contributed by atoms with Crippen LogP contribution in [0.15, 0.2) is 48.5 Å². The van der Waals surface area contributed by atoms with E-state index in [0.717, 1.165) is 23.2 Å². The van der Waals surface area contributed by atoms with E-state index in [1.54, 1.807) is 0 Å². The second-order valence-corrected chi connectivity index (χ2v) is 4.82. The number of hydrogen-bond donors (Lipinski definition) is 0. The van der Waals surface area contributed by atoms with Gasteiger partial charge < -0.3 is 4.90 Å². The van der Waals surface area contributed by atoms with Crippen LogP contribution < -0.4 is 4.90 Å². The molecule has 0 aliphatic heterocycles. The van der Waals surface area contributed by atoms with Crippen molar-refractivity contribution in [2.75, 3.05) is 19.0 Å². The Morgan fingerprint density at radius 2 is 1.68 bits per heavy atom. The predicted molar refractivity (Wildman–Crippen MR) is 80.0 cm³/mol. The van der Waals surface area contributed by atoms with Crippen molar-refractivity contribution in [1.82, 2.24) is 0 Å². The third kappa shape index (κ3) is 3.02. The van der Waals surface area contributed by atoms with Gasteiger partial charge in [-0.05, 0) is 24.1 Å². The van der Waals surface area contributed by atoms with Crippen molar-refractivity contribution >= 4 is 11.5 Å². The van der Waals surface area contributed by atoms with Crippen molar-refractivity contribution < 1.29 is 4.79 Å². The Hall–Kier alpha value is -2.09. The van der Waals surface area contributed by atoms with E-state index in [2.05, 4.69) is 6.92 Å². The Morgan fingerprint density at radius 1 is 1.00 bits per heavy atom. The number of nitrogens with zero attached hydrogens (tertiary/aromatic N) is 1. The second-order valence-electron chi connectivity index (χ2n) is 4.82. The van der Waals surface area contributed by atoms with Gasteiger partial charge in [0.1, 0.15) is 0 Å². The fourth-order valence-corrected chi connectivity index (χ4v) is 1.98. The molecular weight excluding hydrogens is 234 g/mol. The highest BCUT2D eigenvalue weighted by Gasteiger charge is 2.09. The Bertz CT molecular complexity index is 570. The van der Waals surface area contributed by atoms with Crippen molar-refractivity contribution in [1.29, 1.82) is 0 Å². The Balaban J connectivity index is 2.30. The molecule has 0 bridgehead atoms. The van der Waals surface area contributed by atoms with E-state index in [4.69, 9.17) is 0 Å². The number of ketones is 1. The monoisotopic (exact) mass is 253 g/mol. The van der Waals surface area contributed by atoms with Crippen molar-refractivity contribution in [2.45, 2.75) is 13.3 Å². The molecule has 2 heteroatoms. The lowest BCUT2D eigenvalue weighted by atomic mass is 10.0. The summed E-state index contributed by atoms with van der Waals surface area (Å²) in [6.07, 6.45) is 0.991. The largest absolute Gasteiger partial charge is 0.378 e. The van der Waals surface area contributed by atoms with E-state index in [0.29, 0.717) is 0 Å². The molecule has 0 radical (unpaired) electrons. The van der Waals surface area contributed by atoms with Gasteiger partial charge in [-0.3, -0.25) is 4.79 Å². The molecule has 0 N–H and O–H groups in total. The fourth-order valence-electron chi connectivity index (χ4n) is 1.98. The molecule has 0 amide bonds. The lowest BCUT2D eigenvalue weighted by molar-refractivity contribution is 0.103. The first-order valence-electron chi connectivity index (χ1n) is 6.53. The molecule has 0 unspecified atom stereocenters. The third-order valence-corrected chi connectivity index (χ3v) is 3.25. The number of carbonyl (C=O) groups is 1. The van der Waals surface area contributed by atoms with Crippen LogP contribution in [0.1, 0.15) is 28.4 Å². The average Bonchev–Trinajstić information content (AvgIpc) is 2.46. The van der Waals surface area contributed by atoms with Crippen LogP contribution in [-0.2, 0) is 6.42 Å². The zero-order chi connectivity index (χ0) is 13.8. The van der Waals surface area contributed by atoms with E-state index in [9.17, 15) is 4.79 Å². The minimum absolute atomic E-state index is 0.0753.